The van der Waals surface area contributed by atoms with Gasteiger partial charge in [-0.15, -0.1) is 0 Å². The van der Waals surface area contributed by atoms with Crippen LogP contribution in [0.1, 0.15) is 78.2 Å². The van der Waals surface area contributed by atoms with Crippen LogP contribution >= 0.6 is 11.6 Å². The number of halogens is 3. The number of hydrogen-bond acceptors (Lipinski definition) is 3. The van der Waals surface area contributed by atoms with E-state index in [2.05, 4.69) is 18.0 Å². The molecule has 0 radical (unpaired) electrons. The first-order valence-electron chi connectivity index (χ1n) is 12.3. The molecule has 0 spiro atoms. The van der Waals surface area contributed by atoms with Crippen LogP contribution in [0.3, 0.4) is 0 Å². The molecule has 1 aromatic heterocycles. The fourth-order valence-electron chi connectivity index (χ4n) is 4.45. The summed E-state index contributed by atoms with van der Waals surface area (Å²) in [7, 11) is 0. The van der Waals surface area contributed by atoms with E-state index in [1.807, 2.05) is 26.0 Å². The normalized spacial score (nSPS) is 15.0. The predicted octanol–water partition coefficient (Wildman–Crippen LogP) is 8.13. The molecule has 0 amide bonds. The quantitative estimate of drug-likeness (QED) is 0.219. The molecule has 3 nitrogen and oxygen atoms in total. The number of pyridine rings is 1. The number of hydrogen-bond donors (Lipinski definition) is 0. The number of nitrogens with zero attached hydrogens (tertiary/aromatic N) is 2. The van der Waals surface area contributed by atoms with Gasteiger partial charge in [0.1, 0.15) is 6.07 Å². The van der Waals surface area contributed by atoms with Crippen LogP contribution in [0.4, 0.5) is 8.78 Å². The Morgan fingerprint density at radius 1 is 1.14 bits per heavy atom. The van der Waals surface area contributed by atoms with Gasteiger partial charge in [-0.2, -0.15) is 5.26 Å². The number of carbonyl (C=O) groups excluding carboxylic acids is 1. The number of Topliss-reactive ketones (excluding diaryl/α,β-unsaturated/α-hetero) is 1. The smallest absolute Gasteiger partial charge is 0.164 e. The minimum absolute atomic E-state index is 0.192. The number of aryl methyl sites for hydroxylation is 2. The Kier molecular flexibility index (Phi) is 9.57. The number of nitriles is 1. The first-order chi connectivity index (χ1) is 16.8. The van der Waals surface area contributed by atoms with Crippen molar-refractivity contribution < 1.29 is 13.6 Å². The second-order valence-corrected chi connectivity index (χ2v) is 10.2. The van der Waals surface area contributed by atoms with Crippen molar-refractivity contribution in [3.63, 3.8) is 0 Å². The lowest BCUT2D eigenvalue weighted by molar-refractivity contribution is 0.0942. The minimum atomic E-state index is -0.924. The van der Waals surface area contributed by atoms with Crippen molar-refractivity contribution in [2.75, 3.05) is 13.3 Å². The number of aromatic nitrogens is 1. The van der Waals surface area contributed by atoms with Crippen LogP contribution in [0, 0.1) is 42.9 Å². The zero-order valence-corrected chi connectivity index (χ0v) is 21.5. The van der Waals surface area contributed by atoms with Crippen LogP contribution in [0.25, 0.3) is 11.1 Å². The van der Waals surface area contributed by atoms with E-state index in [1.54, 1.807) is 12.1 Å². The first kappa shape index (κ1) is 27.0. The van der Waals surface area contributed by atoms with Gasteiger partial charge < -0.3 is 0 Å². The van der Waals surface area contributed by atoms with E-state index in [-0.39, 0.29) is 12.2 Å². The van der Waals surface area contributed by atoms with E-state index < -0.39 is 19.3 Å². The molecule has 186 valence electrons. The van der Waals surface area contributed by atoms with Crippen LogP contribution in [-0.4, -0.2) is 24.1 Å². The summed E-state index contributed by atoms with van der Waals surface area (Å²) in [5, 5.41) is 10.9. The van der Waals surface area contributed by atoms with Crippen molar-refractivity contribution in [3.8, 4) is 6.07 Å². The third-order valence-electron chi connectivity index (χ3n) is 6.93. The Bertz CT molecular complexity index is 1110. The van der Waals surface area contributed by atoms with Gasteiger partial charge in [-0.05, 0) is 85.1 Å². The van der Waals surface area contributed by atoms with Crippen LogP contribution in [-0.2, 0) is 0 Å². The van der Waals surface area contributed by atoms with E-state index in [9.17, 15) is 18.8 Å². The Labute approximate surface area is 212 Å². The van der Waals surface area contributed by atoms with Gasteiger partial charge in [0.25, 0.3) is 0 Å². The molecule has 1 heterocycles. The summed E-state index contributed by atoms with van der Waals surface area (Å²) in [4.78, 5) is 17.0. The zero-order valence-electron chi connectivity index (χ0n) is 20.7. The highest BCUT2D eigenvalue weighted by atomic mass is 35.5. The summed E-state index contributed by atoms with van der Waals surface area (Å²) in [6.07, 6.45) is 6.64. The lowest BCUT2D eigenvalue weighted by Crippen LogP contribution is -2.13. The van der Waals surface area contributed by atoms with E-state index >= 15 is 0 Å². The second kappa shape index (κ2) is 12.4. The Hall–Kier alpha value is -2.58. The molecule has 1 aliphatic carbocycles. The van der Waals surface area contributed by atoms with Gasteiger partial charge in [0.2, 0.25) is 0 Å². The maximum absolute atomic E-state index is 12.9. The standard InChI is InChI=1S/C29H33ClF2N2O/c1-4-20(11-21-5-6-21)12-25(26(16-33)24-9-19(3)27(30)10-18(24)2)28-8-7-23(17-34-28)29(35)13-22(14-31)15-32/h7-10,17,20-22H,4-6,11-15H2,1-3H3. The van der Waals surface area contributed by atoms with E-state index in [1.165, 1.54) is 19.0 Å². The summed E-state index contributed by atoms with van der Waals surface area (Å²) in [6, 6.07) is 9.65. The molecule has 1 aliphatic rings. The molecule has 1 unspecified atom stereocenters. The third kappa shape index (κ3) is 6.98. The zero-order chi connectivity index (χ0) is 25.5. The molecule has 6 heteroatoms. The van der Waals surface area contributed by atoms with Crippen molar-refractivity contribution in [2.45, 2.75) is 59.3 Å². The first-order valence-corrected chi connectivity index (χ1v) is 12.7. The topological polar surface area (TPSA) is 53.8 Å². The van der Waals surface area contributed by atoms with Gasteiger partial charge in [-0.25, -0.2) is 0 Å². The molecule has 35 heavy (non-hydrogen) atoms. The Morgan fingerprint density at radius 3 is 2.40 bits per heavy atom. The lowest BCUT2D eigenvalue weighted by Gasteiger charge is -2.20. The SMILES string of the molecule is CCC(CC(=C(C#N)c1cc(C)c(Cl)cc1C)c1ccc(C(=O)CC(CF)CF)cn1)CC1CC1. The molecule has 1 saturated carbocycles. The maximum Gasteiger partial charge on any atom is 0.164 e. The van der Waals surface area contributed by atoms with Gasteiger partial charge in [0.05, 0.1) is 24.6 Å². The van der Waals surface area contributed by atoms with Crippen molar-refractivity contribution >= 4 is 28.5 Å². The molecule has 3 rings (SSSR count). The largest absolute Gasteiger partial charge is 0.294 e. The summed E-state index contributed by atoms with van der Waals surface area (Å²) in [6.45, 7) is 4.30. The summed E-state index contributed by atoms with van der Waals surface area (Å²) in [5.41, 5.74) is 5.04. The van der Waals surface area contributed by atoms with E-state index in [4.69, 9.17) is 11.6 Å². The summed E-state index contributed by atoms with van der Waals surface area (Å²) in [5.74, 6) is -0.0721. The molecule has 1 atom stereocenters. The number of rotatable bonds is 12. The number of allylic oxidation sites excluding steroid dienone is 2. The van der Waals surface area contributed by atoms with Gasteiger partial charge in [-0.1, -0.05) is 37.8 Å². The van der Waals surface area contributed by atoms with Crippen LogP contribution in [0.5, 0.6) is 0 Å². The number of benzene rings is 1. The number of ketones is 1. The monoisotopic (exact) mass is 498 g/mol. The van der Waals surface area contributed by atoms with Crippen molar-refractivity contribution in [1.82, 2.24) is 4.98 Å². The highest BCUT2D eigenvalue weighted by Crippen LogP contribution is 2.41. The van der Waals surface area contributed by atoms with E-state index in [0.717, 1.165) is 41.0 Å². The van der Waals surface area contributed by atoms with Crippen molar-refractivity contribution in [2.24, 2.45) is 17.8 Å². The predicted molar refractivity (Wildman–Crippen MR) is 138 cm³/mol. The molecule has 1 fully saturated rings. The number of alkyl halides is 2. The molecule has 0 saturated heterocycles. The van der Waals surface area contributed by atoms with Crippen LogP contribution < -0.4 is 0 Å². The highest BCUT2D eigenvalue weighted by molar-refractivity contribution is 6.31. The third-order valence-corrected chi connectivity index (χ3v) is 7.33. The van der Waals surface area contributed by atoms with E-state index in [0.29, 0.717) is 34.2 Å². The summed E-state index contributed by atoms with van der Waals surface area (Å²) < 4.78 is 25.8. The summed E-state index contributed by atoms with van der Waals surface area (Å²) >= 11 is 6.32. The molecule has 2 aromatic rings. The average molecular weight is 499 g/mol. The van der Waals surface area contributed by atoms with Gasteiger partial charge >= 0.3 is 0 Å². The highest BCUT2D eigenvalue weighted by Gasteiger charge is 2.27. The fourth-order valence-corrected chi connectivity index (χ4v) is 4.67. The fraction of sp³-hybridized carbons (Fsp3) is 0.483. The van der Waals surface area contributed by atoms with Gasteiger partial charge in [0.15, 0.2) is 5.78 Å². The molecule has 0 aliphatic heterocycles. The van der Waals surface area contributed by atoms with Gasteiger partial charge in [0, 0.05) is 29.1 Å². The van der Waals surface area contributed by atoms with Gasteiger partial charge in [-0.3, -0.25) is 18.6 Å². The second-order valence-electron chi connectivity index (χ2n) is 9.77. The molecule has 1 aromatic carbocycles. The van der Waals surface area contributed by atoms with Crippen molar-refractivity contribution in [1.29, 1.82) is 5.26 Å². The lowest BCUT2D eigenvalue weighted by atomic mass is 9.85. The molecular formula is C29H33ClF2N2O. The minimum Gasteiger partial charge on any atom is -0.294 e. The molecular weight excluding hydrogens is 466 g/mol. The van der Waals surface area contributed by atoms with Crippen LogP contribution in [0.2, 0.25) is 5.02 Å². The number of carbonyl (C=O) groups is 1. The molecule has 0 N–H and O–H groups in total. The molecule has 0 bridgehead atoms. The average Bonchev–Trinajstić information content (AvgIpc) is 3.68. The maximum atomic E-state index is 12.9. The Balaban J connectivity index is 2.03. The van der Waals surface area contributed by atoms with Crippen molar-refractivity contribution in [3.05, 3.63) is 63.4 Å². The van der Waals surface area contributed by atoms with Crippen LogP contribution in [0.15, 0.2) is 30.5 Å². The Morgan fingerprint density at radius 2 is 1.86 bits per heavy atom.